The van der Waals surface area contributed by atoms with Gasteiger partial charge in [0, 0.05) is 7.11 Å². The Hall–Kier alpha value is -1.40. The molecule has 1 heterocycles. The minimum absolute atomic E-state index is 0.171. The van der Waals surface area contributed by atoms with Crippen molar-refractivity contribution in [2.24, 2.45) is 0 Å². The van der Waals surface area contributed by atoms with E-state index in [2.05, 4.69) is 4.98 Å². The quantitative estimate of drug-likeness (QED) is 0.520. The Balaban J connectivity index is 2.62. The van der Waals surface area contributed by atoms with Gasteiger partial charge in [0.1, 0.15) is 6.61 Å². The van der Waals surface area contributed by atoms with Gasteiger partial charge < -0.3 is 18.6 Å². The van der Waals surface area contributed by atoms with Crippen LogP contribution in [0.5, 0.6) is 0 Å². The molecule has 6 nitrogen and oxygen atoms in total. The van der Waals surface area contributed by atoms with Crippen molar-refractivity contribution in [3.05, 3.63) is 17.3 Å². The normalized spacial score (nSPS) is 10.6. The molecule has 0 bridgehead atoms. The zero-order valence-electron chi connectivity index (χ0n) is 11.0. The third-order valence-electron chi connectivity index (χ3n) is 2.19. The molecule has 1 rings (SSSR count). The molecule has 0 aromatic carbocycles. The summed E-state index contributed by atoms with van der Waals surface area (Å²) in [5.74, 6) is 0.0701. The van der Waals surface area contributed by atoms with Crippen LogP contribution in [-0.4, -0.2) is 37.9 Å². The lowest BCUT2D eigenvalue weighted by Crippen LogP contribution is -2.05. The third-order valence-corrected chi connectivity index (χ3v) is 2.19. The number of carbonyl (C=O) groups excluding carboxylic acids is 1. The van der Waals surface area contributed by atoms with Crippen molar-refractivity contribution in [2.75, 3.05) is 26.9 Å². The molecule has 1 aromatic rings. The van der Waals surface area contributed by atoms with E-state index in [0.717, 1.165) is 0 Å². The molecule has 0 amide bonds. The summed E-state index contributed by atoms with van der Waals surface area (Å²) in [6.07, 6.45) is 0.607. The van der Waals surface area contributed by atoms with Crippen molar-refractivity contribution >= 4 is 5.97 Å². The summed E-state index contributed by atoms with van der Waals surface area (Å²) in [5.41, 5.74) is 0.596. The molecule has 0 saturated heterocycles. The summed E-state index contributed by atoms with van der Waals surface area (Å²) >= 11 is 0. The van der Waals surface area contributed by atoms with Crippen molar-refractivity contribution in [1.29, 1.82) is 0 Å². The topological polar surface area (TPSA) is 70.8 Å². The van der Waals surface area contributed by atoms with Crippen molar-refractivity contribution in [3.63, 3.8) is 0 Å². The lowest BCUT2D eigenvalue weighted by molar-refractivity contribution is 0.0437. The van der Waals surface area contributed by atoms with Crippen LogP contribution in [0, 0.1) is 0 Å². The minimum atomic E-state index is -0.481. The molecule has 0 aliphatic heterocycles. The first kappa shape index (κ1) is 14.7. The van der Waals surface area contributed by atoms with Crippen LogP contribution in [0.2, 0.25) is 0 Å². The molecule has 0 saturated carbocycles. The highest BCUT2D eigenvalue weighted by Gasteiger charge is 2.20. The van der Waals surface area contributed by atoms with E-state index in [1.807, 2.05) is 6.92 Å². The van der Waals surface area contributed by atoms with E-state index in [1.54, 1.807) is 14.0 Å². The number of hydrogen-bond donors (Lipinski definition) is 0. The maximum atomic E-state index is 11.6. The van der Waals surface area contributed by atoms with Gasteiger partial charge in [-0.1, -0.05) is 6.92 Å². The van der Waals surface area contributed by atoms with Crippen molar-refractivity contribution in [1.82, 2.24) is 4.98 Å². The monoisotopic (exact) mass is 257 g/mol. The number of nitrogens with zero attached hydrogens (tertiary/aromatic N) is 1. The summed E-state index contributed by atoms with van der Waals surface area (Å²) in [5, 5.41) is 0. The van der Waals surface area contributed by atoms with Gasteiger partial charge in [-0.15, -0.1) is 0 Å². The molecule has 1 aromatic heterocycles. The molecule has 0 fully saturated rings. The number of oxazole rings is 1. The Kier molecular flexibility index (Phi) is 6.38. The molecular formula is C12H19NO5. The van der Waals surface area contributed by atoms with Gasteiger partial charge >= 0.3 is 5.97 Å². The number of esters is 1. The molecule has 18 heavy (non-hydrogen) atoms. The van der Waals surface area contributed by atoms with E-state index in [-0.39, 0.29) is 12.4 Å². The average Bonchev–Trinajstić information content (AvgIpc) is 2.78. The summed E-state index contributed by atoms with van der Waals surface area (Å²) < 4.78 is 20.4. The van der Waals surface area contributed by atoms with Gasteiger partial charge in [-0.05, 0) is 13.3 Å². The first-order chi connectivity index (χ1) is 8.72. The zero-order valence-corrected chi connectivity index (χ0v) is 11.0. The van der Waals surface area contributed by atoms with Gasteiger partial charge in [-0.25, -0.2) is 9.78 Å². The van der Waals surface area contributed by atoms with E-state index < -0.39 is 5.97 Å². The summed E-state index contributed by atoms with van der Waals surface area (Å²) in [7, 11) is 1.60. The molecular weight excluding hydrogens is 238 g/mol. The highest BCUT2D eigenvalue weighted by molar-refractivity contribution is 5.87. The van der Waals surface area contributed by atoms with Crippen LogP contribution in [0.3, 0.4) is 0 Å². The molecule has 0 atom stereocenters. The van der Waals surface area contributed by atoms with E-state index in [4.69, 9.17) is 18.6 Å². The second-order valence-corrected chi connectivity index (χ2v) is 3.50. The van der Waals surface area contributed by atoms with E-state index in [9.17, 15) is 4.79 Å². The number of hydrogen-bond acceptors (Lipinski definition) is 6. The lowest BCUT2D eigenvalue weighted by Gasteiger charge is -1.99. The van der Waals surface area contributed by atoms with Crippen molar-refractivity contribution in [2.45, 2.75) is 26.9 Å². The van der Waals surface area contributed by atoms with Gasteiger partial charge in [-0.3, -0.25) is 0 Å². The van der Waals surface area contributed by atoms with Crippen LogP contribution in [-0.2, 0) is 27.2 Å². The Morgan fingerprint density at radius 3 is 2.72 bits per heavy atom. The van der Waals surface area contributed by atoms with Crippen LogP contribution in [0.25, 0.3) is 0 Å². The molecule has 0 aliphatic carbocycles. The first-order valence-electron chi connectivity index (χ1n) is 5.95. The van der Waals surface area contributed by atoms with Gasteiger partial charge in [-0.2, -0.15) is 0 Å². The fraction of sp³-hybridized carbons (Fsp3) is 0.667. The smallest absolute Gasteiger partial charge is 0.376 e. The molecule has 6 heteroatoms. The predicted octanol–water partition coefficient (Wildman–Crippen LogP) is 1.58. The molecule has 0 radical (unpaired) electrons. The van der Waals surface area contributed by atoms with Gasteiger partial charge in [0.15, 0.2) is 0 Å². The van der Waals surface area contributed by atoms with Gasteiger partial charge in [0.2, 0.25) is 11.7 Å². The number of ether oxygens (including phenoxy) is 3. The Morgan fingerprint density at radius 1 is 1.33 bits per heavy atom. The highest BCUT2D eigenvalue weighted by atomic mass is 16.5. The second kappa shape index (κ2) is 7.84. The SMILES string of the molecule is CCOC(=O)c1oc(COCCOC)nc1CC. The van der Waals surface area contributed by atoms with Gasteiger partial charge in [0.25, 0.3) is 0 Å². The highest BCUT2D eigenvalue weighted by Crippen LogP contribution is 2.14. The molecule has 102 valence electrons. The molecule has 0 N–H and O–H groups in total. The summed E-state index contributed by atoms with van der Waals surface area (Å²) in [6, 6.07) is 0. The standard InChI is InChI=1S/C12H19NO5/c1-4-9-11(12(14)17-5-2)18-10(13-9)8-16-7-6-15-3/h4-8H2,1-3H3. The van der Waals surface area contributed by atoms with Crippen molar-refractivity contribution in [3.8, 4) is 0 Å². The number of aryl methyl sites for hydroxylation is 1. The maximum absolute atomic E-state index is 11.6. The molecule has 0 spiro atoms. The summed E-state index contributed by atoms with van der Waals surface area (Å²) in [4.78, 5) is 15.8. The Bertz CT molecular complexity index is 375. The van der Waals surface area contributed by atoms with Crippen LogP contribution in [0.1, 0.15) is 36.0 Å². The van der Waals surface area contributed by atoms with Crippen molar-refractivity contribution < 1.29 is 23.4 Å². The van der Waals surface area contributed by atoms with E-state index in [0.29, 0.717) is 37.8 Å². The fourth-order valence-corrected chi connectivity index (χ4v) is 1.36. The second-order valence-electron chi connectivity index (χ2n) is 3.50. The third kappa shape index (κ3) is 4.12. The van der Waals surface area contributed by atoms with Crippen LogP contribution < -0.4 is 0 Å². The molecule has 0 aliphatic rings. The predicted molar refractivity (Wildman–Crippen MR) is 63.4 cm³/mol. The Labute approximate surface area is 106 Å². The minimum Gasteiger partial charge on any atom is -0.460 e. The maximum Gasteiger partial charge on any atom is 0.376 e. The fourth-order valence-electron chi connectivity index (χ4n) is 1.36. The largest absolute Gasteiger partial charge is 0.460 e. The number of rotatable bonds is 8. The average molecular weight is 257 g/mol. The first-order valence-corrected chi connectivity index (χ1v) is 5.95. The summed E-state index contributed by atoms with van der Waals surface area (Å²) in [6.45, 7) is 5.13. The lowest BCUT2D eigenvalue weighted by atomic mass is 10.3. The van der Waals surface area contributed by atoms with Crippen LogP contribution in [0.4, 0.5) is 0 Å². The van der Waals surface area contributed by atoms with Gasteiger partial charge in [0.05, 0.1) is 25.5 Å². The molecule has 0 unspecified atom stereocenters. The van der Waals surface area contributed by atoms with E-state index >= 15 is 0 Å². The zero-order chi connectivity index (χ0) is 13.4. The number of methoxy groups -OCH3 is 1. The van der Waals surface area contributed by atoms with E-state index in [1.165, 1.54) is 0 Å². The van der Waals surface area contributed by atoms with Crippen LogP contribution >= 0.6 is 0 Å². The number of carbonyl (C=O) groups is 1. The Morgan fingerprint density at radius 2 is 2.11 bits per heavy atom. The van der Waals surface area contributed by atoms with Crippen LogP contribution in [0.15, 0.2) is 4.42 Å². The number of aromatic nitrogens is 1.